The van der Waals surface area contributed by atoms with Gasteiger partial charge in [-0.2, -0.15) is 0 Å². The molecule has 1 aromatic carbocycles. The van der Waals surface area contributed by atoms with Crippen molar-refractivity contribution in [3.63, 3.8) is 0 Å². The quantitative estimate of drug-likeness (QED) is 0.913. The van der Waals surface area contributed by atoms with Gasteiger partial charge in [0.1, 0.15) is 6.04 Å². The normalized spacial score (nSPS) is 28.5. The van der Waals surface area contributed by atoms with Gasteiger partial charge in [0.15, 0.2) is 0 Å². The van der Waals surface area contributed by atoms with Crippen LogP contribution in [0, 0.1) is 5.92 Å². The predicted molar refractivity (Wildman–Crippen MR) is 78.7 cm³/mol. The lowest BCUT2D eigenvalue weighted by molar-refractivity contribution is -0.134. The first-order chi connectivity index (χ1) is 10.2. The zero-order valence-electron chi connectivity index (χ0n) is 12.0. The standard InChI is InChI=1S/C17H20N2O2/c20-15-7-8-19(17(21)16(18-15)11-5-6-11)10-13-9-12-3-1-2-4-14(12)13/h1-4,11,13,16H,5-10H2,(H,18,20). The first kappa shape index (κ1) is 12.9. The molecule has 0 spiro atoms. The van der Waals surface area contributed by atoms with E-state index in [9.17, 15) is 9.59 Å². The molecule has 0 aromatic heterocycles. The van der Waals surface area contributed by atoms with Crippen molar-refractivity contribution in [3.05, 3.63) is 35.4 Å². The van der Waals surface area contributed by atoms with E-state index in [1.54, 1.807) is 0 Å². The predicted octanol–water partition coefficient (Wildman–Crippen LogP) is 1.45. The van der Waals surface area contributed by atoms with E-state index in [2.05, 4.69) is 29.6 Å². The van der Waals surface area contributed by atoms with Gasteiger partial charge in [-0.25, -0.2) is 0 Å². The maximum absolute atomic E-state index is 12.7. The van der Waals surface area contributed by atoms with Crippen LogP contribution in [0.1, 0.15) is 36.3 Å². The molecular weight excluding hydrogens is 264 g/mol. The van der Waals surface area contributed by atoms with Crippen LogP contribution >= 0.6 is 0 Å². The molecule has 2 aliphatic carbocycles. The van der Waals surface area contributed by atoms with Crippen LogP contribution < -0.4 is 5.32 Å². The fraction of sp³-hybridized carbons (Fsp3) is 0.529. The van der Waals surface area contributed by atoms with E-state index < -0.39 is 0 Å². The van der Waals surface area contributed by atoms with E-state index in [0.717, 1.165) is 25.8 Å². The highest BCUT2D eigenvalue weighted by atomic mass is 16.2. The van der Waals surface area contributed by atoms with Gasteiger partial charge in [-0.05, 0) is 36.3 Å². The maximum atomic E-state index is 12.7. The fourth-order valence-corrected chi connectivity index (χ4v) is 3.57. The number of nitrogens with one attached hydrogen (secondary N) is 1. The zero-order chi connectivity index (χ0) is 14.4. The lowest BCUT2D eigenvalue weighted by atomic mass is 9.77. The molecule has 2 fully saturated rings. The number of hydrogen-bond donors (Lipinski definition) is 1. The minimum absolute atomic E-state index is 0.0248. The Balaban J connectivity index is 1.49. The summed E-state index contributed by atoms with van der Waals surface area (Å²) in [5, 5.41) is 2.92. The molecule has 4 rings (SSSR count). The van der Waals surface area contributed by atoms with Crippen LogP contribution in [-0.4, -0.2) is 35.8 Å². The smallest absolute Gasteiger partial charge is 0.245 e. The number of benzene rings is 1. The largest absolute Gasteiger partial charge is 0.344 e. The van der Waals surface area contributed by atoms with Crippen LogP contribution in [0.4, 0.5) is 0 Å². The Labute approximate surface area is 124 Å². The molecule has 2 atom stereocenters. The summed E-state index contributed by atoms with van der Waals surface area (Å²) >= 11 is 0. The lowest BCUT2D eigenvalue weighted by Crippen LogP contribution is -2.47. The Morgan fingerprint density at radius 2 is 2.00 bits per heavy atom. The molecule has 3 aliphatic rings. The van der Waals surface area contributed by atoms with E-state index in [0.29, 0.717) is 24.8 Å². The minimum Gasteiger partial charge on any atom is -0.344 e. The number of fused-ring (bicyclic) bond motifs is 1. The van der Waals surface area contributed by atoms with Gasteiger partial charge in [0.2, 0.25) is 11.8 Å². The Kier molecular flexibility index (Phi) is 2.98. The summed E-state index contributed by atoms with van der Waals surface area (Å²) in [4.78, 5) is 26.4. The minimum atomic E-state index is -0.268. The van der Waals surface area contributed by atoms with E-state index in [4.69, 9.17) is 0 Å². The Morgan fingerprint density at radius 1 is 1.19 bits per heavy atom. The number of hydrogen-bond acceptors (Lipinski definition) is 2. The fourth-order valence-electron chi connectivity index (χ4n) is 3.57. The van der Waals surface area contributed by atoms with Crippen LogP contribution in [0.2, 0.25) is 0 Å². The molecule has 1 saturated carbocycles. The van der Waals surface area contributed by atoms with E-state index in [-0.39, 0.29) is 17.9 Å². The van der Waals surface area contributed by atoms with Gasteiger partial charge in [0.25, 0.3) is 0 Å². The third kappa shape index (κ3) is 2.33. The molecule has 0 bridgehead atoms. The summed E-state index contributed by atoms with van der Waals surface area (Å²) in [5.41, 5.74) is 2.77. The molecule has 0 radical (unpaired) electrons. The summed E-state index contributed by atoms with van der Waals surface area (Å²) < 4.78 is 0. The van der Waals surface area contributed by atoms with E-state index in [1.807, 2.05) is 4.90 Å². The summed E-state index contributed by atoms with van der Waals surface area (Å²) in [6.07, 6.45) is 3.62. The van der Waals surface area contributed by atoms with Crippen molar-refractivity contribution in [1.82, 2.24) is 10.2 Å². The first-order valence-corrected chi connectivity index (χ1v) is 7.88. The third-order valence-corrected chi connectivity index (χ3v) is 5.00. The van der Waals surface area contributed by atoms with E-state index >= 15 is 0 Å². The third-order valence-electron chi connectivity index (χ3n) is 5.00. The molecule has 1 saturated heterocycles. The number of amides is 2. The number of rotatable bonds is 3. The second-order valence-electron chi connectivity index (χ2n) is 6.52. The van der Waals surface area contributed by atoms with Crippen LogP contribution in [0.15, 0.2) is 24.3 Å². The van der Waals surface area contributed by atoms with Crippen molar-refractivity contribution < 1.29 is 9.59 Å². The molecule has 110 valence electrons. The summed E-state index contributed by atoms with van der Waals surface area (Å²) in [5.74, 6) is 0.971. The molecular formula is C17H20N2O2. The van der Waals surface area contributed by atoms with Gasteiger partial charge < -0.3 is 10.2 Å². The SMILES string of the molecule is O=C1CCN(CC2Cc3ccccc32)C(=O)C(C2CC2)N1. The van der Waals surface area contributed by atoms with Crippen molar-refractivity contribution in [1.29, 1.82) is 0 Å². The van der Waals surface area contributed by atoms with Gasteiger partial charge in [-0.3, -0.25) is 9.59 Å². The molecule has 4 nitrogen and oxygen atoms in total. The monoisotopic (exact) mass is 284 g/mol. The van der Waals surface area contributed by atoms with Crippen molar-refractivity contribution in [3.8, 4) is 0 Å². The van der Waals surface area contributed by atoms with Crippen LogP contribution in [0.25, 0.3) is 0 Å². The summed E-state index contributed by atoms with van der Waals surface area (Å²) in [7, 11) is 0. The topological polar surface area (TPSA) is 49.4 Å². The zero-order valence-corrected chi connectivity index (χ0v) is 12.0. The van der Waals surface area contributed by atoms with Crippen molar-refractivity contribution in [2.24, 2.45) is 5.92 Å². The molecule has 2 unspecified atom stereocenters. The van der Waals surface area contributed by atoms with Crippen LogP contribution in [0.5, 0.6) is 0 Å². The Hall–Kier alpha value is -1.84. The van der Waals surface area contributed by atoms with Gasteiger partial charge in [0.05, 0.1) is 0 Å². The van der Waals surface area contributed by atoms with Crippen molar-refractivity contribution in [2.45, 2.75) is 37.6 Å². The maximum Gasteiger partial charge on any atom is 0.245 e. The molecule has 1 aromatic rings. The van der Waals surface area contributed by atoms with Gasteiger partial charge in [-0.15, -0.1) is 0 Å². The second-order valence-corrected chi connectivity index (χ2v) is 6.52. The number of nitrogens with zero attached hydrogens (tertiary/aromatic N) is 1. The summed E-state index contributed by atoms with van der Waals surface area (Å²) in [6, 6.07) is 8.18. The lowest BCUT2D eigenvalue weighted by Gasteiger charge is -2.35. The highest BCUT2D eigenvalue weighted by Gasteiger charge is 2.41. The first-order valence-electron chi connectivity index (χ1n) is 7.88. The average Bonchev–Trinajstić information content (AvgIpc) is 3.28. The number of carbonyl (C=O) groups is 2. The Bertz CT molecular complexity index is 594. The average molecular weight is 284 g/mol. The molecule has 2 amide bonds. The number of carbonyl (C=O) groups excluding carboxylic acids is 2. The van der Waals surface area contributed by atoms with Crippen LogP contribution in [0.3, 0.4) is 0 Å². The van der Waals surface area contributed by atoms with E-state index in [1.165, 1.54) is 11.1 Å². The van der Waals surface area contributed by atoms with Crippen LogP contribution in [-0.2, 0) is 16.0 Å². The Morgan fingerprint density at radius 3 is 2.76 bits per heavy atom. The molecule has 4 heteroatoms. The summed E-state index contributed by atoms with van der Waals surface area (Å²) in [6.45, 7) is 1.32. The second kappa shape index (κ2) is 4.86. The molecule has 1 N–H and O–H groups in total. The molecule has 1 aliphatic heterocycles. The van der Waals surface area contributed by atoms with Gasteiger partial charge in [-0.1, -0.05) is 24.3 Å². The highest BCUT2D eigenvalue weighted by Crippen LogP contribution is 2.37. The van der Waals surface area contributed by atoms with Crippen molar-refractivity contribution in [2.75, 3.05) is 13.1 Å². The van der Waals surface area contributed by atoms with Gasteiger partial charge in [0, 0.05) is 25.4 Å². The molecule has 1 heterocycles. The highest BCUT2D eigenvalue weighted by molar-refractivity contribution is 5.90. The van der Waals surface area contributed by atoms with Gasteiger partial charge >= 0.3 is 0 Å². The van der Waals surface area contributed by atoms with Crippen molar-refractivity contribution >= 4 is 11.8 Å². The molecule has 21 heavy (non-hydrogen) atoms.